The molecule has 0 unspecified atom stereocenters. The highest BCUT2D eigenvalue weighted by Gasteiger charge is 2.32. The highest BCUT2D eigenvalue weighted by molar-refractivity contribution is 5.85. The van der Waals surface area contributed by atoms with Gasteiger partial charge in [0.1, 0.15) is 5.75 Å². The molecule has 1 aliphatic carbocycles. The average Bonchev–Trinajstić information content (AvgIpc) is 2.31. The van der Waals surface area contributed by atoms with Gasteiger partial charge in [-0.05, 0) is 42.9 Å². The van der Waals surface area contributed by atoms with E-state index in [2.05, 4.69) is 4.74 Å². The van der Waals surface area contributed by atoms with Crippen LogP contribution in [0.5, 0.6) is 5.75 Å². The molecule has 20 heavy (non-hydrogen) atoms. The molecule has 2 rings (SSSR count). The van der Waals surface area contributed by atoms with Crippen molar-refractivity contribution >= 4 is 12.4 Å². The fraction of sp³-hybridized carbons (Fsp3) is 0.538. The number of aliphatic hydroxyl groups is 1. The lowest BCUT2D eigenvalue weighted by Gasteiger charge is -2.31. The second-order valence-electron chi connectivity index (χ2n) is 4.86. The summed E-state index contributed by atoms with van der Waals surface area (Å²) in [4.78, 5) is 0. The van der Waals surface area contributed by atoms with Gasteiger partial charge in [0.05, 0.1) is 6.10 Å². The second-order valence-corrected chi connectivity index (χ2v) is 4.86. The Kier molecular flexibility index (Phi) is 5.68. The molecule has 1 fully saturated rings. The summed E-state index contributed by atoms with van der Waals surface area (Å²) >= 11 is 0. The first-order valence-electron chi connectivity index (χ1n) is 6.14. The van der Waals surface area contributed by atoms with Crippen LogP contribution in [0.4, 0.5) is 13.2 Å². The second kappa shape index (κ2) is 6.65. The highest BCUT2D eigenvalue weighted by Crippen LogP contribution is 2.34. The maximum Gasteiger partial charge on any atom is 0.573 e. The summed E-state index contributed by atoms with van der Waals surface area (Å²) in [5, 5.41) is 9.55. The molecule has 0 radical (unpaired) electrons. The molecule has 1 aromatic carbocycles. The molecule has 0 amide bonds. The number of halogens is 4. The van der Waals surface area contributed by atoms with Crippen molar-refractivity contribution in [2.45, 2.75) is 43.7 Å². The van der Waals surface area contributed by atoms with Crippen molar-refractivity contribution in [3.8, 4) is 5.75 Å². The van der Waals surface area contributed by atoms with Crippen LogP contribution in [0.15, 0.2) is 24.3 Å². The Morgan fingerprint density at radius 2 is 1.95 bits per heavy atom. The summed E-state index contributed by atoms with van der Waals surface area (Å²) in [6.45, 7) is 0. The third-order valence-corrected chi connectivity index (χ3v) is 3.42. The molecule has 0 aromatic heterocycles. The monoisotopic (exact) mass is 311 g/mol. The van der Waals surface area contributed by atoms with Crippen LogP contribution in [0, 0.1) is 0 Å². The van der Waals surface area contributed by atoms with E-state index in [9.17, 15) is 18.3 Å². The lowest BCUT2D eigenvalue weighted by atomic mass is 9.80. The van der Waals surface area contributed by atoms with E-state index < -0.39 is 12.5 Å². The number of rotatable bonds is 2. The van der Waals surface area contributed by atoms with Crippen molar-refractivity contribution in [1.82, 2.24) is 0 Å². The van der Waals surface area contributed by atoms with E-state index >= 15 is 0 Å². The molecule has 0 spiro atoms. The predicted molar refractivity (Wildman–Crippen MR) is 70.9 cm³/mol. The van der Waals surface area contributed by atoms with E-state index in [0.29, 0.717) is 19.3 Å². The quantitative estimate of drug-likeness (QED) is 0.883. The standard InChI is InChI=1S/C13H16F3NO2.ClH/c14-13(15,16)19-10-3-1-2-8(6-10)9-4-5-12(18)11(17)7-9;/h1-3,6,9,11-12,18H,4-5,7,17H2;1H/t9-,11-,12-;/m0./s1. The Morgan fingerprint density at radius 3 is 2.55 bits per heavy atom. The zero-order valence-electron chi connectivity index (χ0n) is 10.6. The van der Waals surface area contributed by atoms with E-state index in [4.69, 9.17) is 5.73 Å². The van der Waals surface area contributed by atoms with Gasteiger partial charge in [-0.15, -0.1) is 25.6 Å². The van der Waals surface area contributed by atoms with Crippen LogP contribution < -0.4 is 10.5 Å². The molecule has 0 bridgehead atoms. The Morgan fingerprint density at radius 1 is 1.25 bits per heavy atom. The summed E-state index contributed by atoms with van der Waals surface area (Å²) < 4.78 is 40.4. The number of ether oxygens (including phenoxy) is 1. The average molecular weight is 312 g/mol. The van der Waals surface area contributed by atoms with Crippen LogP contribution >= 0.6 is 12.4 Å². The molecule has 7 heteroatoms. The molecule has 0 aliphatic heterocycles. The fourth-order valence-corrected chi connectivity index (χ4v) is 2.46. The number of hydrogen-bond acceptors (Lipinski definition) is 3. The van der Waals surface area contributed by atoms with Crippen molar-refractivity contribution < 1.29 is 23.0 Å². The molecular weight excluding hydrogens is 295 g/mol. The number of nitrogens with two attached hydrogens (primary N) is 1. The van der Waals surface area contributed by atoms with Crippen LogP contribution in [0.1, 0.15) is 30.7 Å². The van der Waals surface area contributed by atoms with Crippen LogP contribution in [0.2, 0.25) is 0 Å². The summed E-state index contributed by atoms with van der Waals surface area (Å²) in [7, 11) is 0. The molecule has 0 heterocycles. The van der Waals surface area contributed by atoms with Crippen molar-refractivity contribution in [2.75, 3.05) is 0 Å². The van der Waals surface area contributed by atoms with Crippen molar-refractivity contribution in [2.24, 2.45) is 5.73 Å². The first kappa shape index (κ1) is 17.1. The largest absolute Gasteiger partial charge is 0.573 e. The molecule has 114 valence electrons. The first-order valence-corrected chi connectivity index (χ1v) is 6.14. The van der Waals surface area contributed by atoms with Gasteiger partial charge in [0.2, 0.25) is 0 Å². The van der Waals surface area contributed by atoms with Gasteiger partial charge in [-0.2, -0.15) is 0 Å². The third-order valence-electron chi connectivity index (χ3n) is 3.42. The van der Waals surface area contributed by atoms with Gasteiger partial charge in [0.15, 0.2) is 0 Å². The SMILES string of the molecule is Cl.N[C@H]1C[C@@H](c2cccc(OC(F)(F)F)c2)CC[C@@H]1O. The molecule has 3 atom stereocenters. The van der Waals surface area contributed by atoms with E-state index in [1.807, 2.05) is 0 Å². The topological polar surface area (TPSA) is 55.5 Å². The summed E-state index contributed by atoms with van der Waals surface area (Å²) in [6.07, 6.45) is -3.36. The predicted octanol–water partition coefficient (Wildman–Crippen LogP) is 2.96. The Hall–Kier alpha value is -0.980. The molecular formula is C13H17ClF3NO2. The summed E-state index contributed by atoms with van der Waals surface area (Å²) in [5.41, 5.74) is 6.55. The molecule has 3 nitrogen and oxygen atoms in total. The summed E-state index contributed by atoms with van der Waals surface area (Å²) in [5.74, 6) is -0.153. The Labute approximate surface area is 121 Å². The molecule has 1 saturated carbocycles. The van der Waals surface area contributed by atoms with Gasteiger partial charge in [-0.1, -0.05) is 12.1 Å². The van der Waals surface area contributed by atoms with Gasteiger partial charge in [0, 0.05) is 6.04 Å². The third kappa shape index (κ3) is 4.54. The number of hydrogen-bond donors (Lipinski definition) is 2. The van der Waals surface area contributed by atoms with Gasteiger partial charge in [-0.25, -0.2) is 0 Å². The van der Waals surface area contributed by atoms with Gasteiger partial charge in [0.25, 0.3) is 0 Å². The molecule has 0 saturated heterocycles. The maximum atomic E-state index is 12.2. The van der Waals surface area contributed by atoms with Crippen molar-refractivity contribution in [1.29, 1.82) is 0 Å². The van der Waals surface area contributed by atoms with Crippen LogP contribution in [0.25, 0.3) is 0 Å². The fourth-order valence-electron chi connectivity index (χ4n) is 2.46. The molecule has 1 aromatic rings. The highest BCUT2D eigenvalue weighted by atomic mass is 35.5. The maximum absolute atomic E-state index is 12.2. The number of alkyl halides is 3. The van der Waals surface area contributed by atoms with Gasteiger partial charge in [-0.3, -0.25) is 0 Å². The Balaban J connectivity index is 0.00000200. The Bertz CT molecular complexity index is 442. The first-order chi connectivity index (χ1) is 8.85. The van der Waals surface area contributed by atoms with Crippen LogP contribution in [-0.2, 0) is 0 Å². The van der Waals surface area contributed by atoms with E-state index in [1.54, 1.807) is 6.07 Å². The smallest absolute Gasteiger partial charge is 0.406 e. The molecule has 3 N–H and O–H groups in total. The minimum absolute atomic E-state index is 0. The van der Waals surface area contributed by atoms with Crippen LogP contribution in [0.3, 0.4) is 0 Å². The minimum Gasteiger partial charge on any atom is -0.406 e. The lowest BCUT2D eigenvalue weighted by molar-refractivity contribution is -0.274. The van der Waals surface area contributed by atoms with Crippen LogP contribution in [-0.4, -0.2) is 23.6 Å². The van der Waals surface area contributed by atoms with Crippen molar-refractivity contribution in [3.05, 3.63) is 29.8 Å². The van der Waals surface area contributed by atoms with E-state index in [-0.39, 0.29) is 30.1 Å². The van der Waals surface area contributed by atoms with Gasteiger partial charge < -0.3 is 15.6 Å². The van der Waals surface area contributed by atoms with E-state index in [0.717, 1.165) is 5.56 Å². The summed E-state index contributed by atoms with van der Waals surface area (Å²) in [6, 6.07) is 5.63. The van der Waals surface area contributed by atoms with Crippen molar-refractivity contribution in [3.63, 3.8) is 0 Å². The zero-order chi connectivity index (χ0) is 14.0. The van der Waals surface area contributed by atoms with Gasteiger partial charge >= 0.3 is 6.36 Å². The normalized spacial score (nSPS) is 26.8. The lowest BCUT2D eigenvalue weighted by Crippen LogP contribution is -2.39. The number of benzene rings is 1. The molecule has 1 aliphatic rings. The number of aliphatic hydroxyl groups excluding tert-OH is 1. The minimum atomic E-state index is -4.68. The zero-order valence-corrected chi connectivity index (χ0v) is 11.5. The van der Waals surface area contributed by atoms with E-state index in [1.165, 1.54) is 18.2 Å².